The number of benzene rings is 1. The molecule has 1 aliphatic heterocycles. The van der Waals surface area contributed by atoms with Crippen molar-refractivity contribution < 1.29 is 9.90 Å². The molecule has 7 heteroatoms. The minimum atomic E-state index is -0.979. The summed E-state index contributed by atoms with van der Waals surface area (Å²) in [5, 5.41) is 12.9. The second-order valence-electron chi connectivity index (χ2n) is 10.6. The van der Waals surface area contributed by atoms with Crippen LogP contribution < -0.4 is 15.8 Å². The van der Waals surface area contributed by atoms with Crippen LogP contribution in [0.5, 0.6) is 0 Å². The number of piperidine rings is 1. The van der Waals surface area contributed by atoms with Gasteiger partial charge in [0.15, 0.2) is 0 Å². The third-order valence-corrected chi connectivity index (χ3v) is 8.19. The summed E-state index contributed by atoms with van der Waals surface area (Å²) in [7, 11) is 0. The molecule has 0 unspecified atom stereocenters. The zero-order chi connectivity index (χ0) is 25.4. The second kappa shape index (κ2) is 9.96. The first-order valence-corrected chi connectivity index (χ1v) is 13.2. The summed E-state index contributed by atoms with van der Waals surface area (Å²) in [5.74, 6) is 1.47. The highest BCUT2D eigenvalue weighted by Crippen LogP contribution is 2.38. The number of fused-ring (bicyclic) bond motifs is 1. The molecule has 7 nitrogen and oxygen atoms in total. The largest absolute Gasteiger partial charge is 0.478 e. The van der Waals surface area contributed by atoms with E-state index in [1.165, 1.54) is 25.7 Å². The van der Waals surface area contributed by atoms with Crippen LogP contribution in [0.2, 0.25) is 0 Å². The van der Waals surface area contributed by atoms with E-state index >= 15 is 0 Å². The molecule has 2 aromatic heterocycles. The van der Waals surface area contributed by atoms with E-state index in [-0.39, 0.29) is 17.2 Å². The van der Waals surface area contributed by atoms with Crippen LogP contribution in [0.15, 0.2) is 41.3 Å². The van der Waals surface area contributed by atoms with Crippen molar-refractivity contribution in [3.63, 3.8) is 0 Å². The summed E-state index contributed by atoms with van der Waals surface area (Å²) in [5.41, 5.74) is 3.84. The Bertz CT molecular complexity index is 1330. The lowest BCUT2D eigenvalue weighted by Crippen LogP contribution is -2.38. The van der Waals surface area contributed by atoms with E-state index < -0.39 is 5.97 Å². The normalized spacial score (nSPS) is 18.0. The Balaban J connectivity index is 1.49. The zero-order valence-electron chi connectivity index (χ0n) is 21.5. The molecular weight excluding hydrogens is 452 g/mol. The molecule has 0 bridgehead atoms. The number of carboxylic acids is 1. The van der Waals surface area contributed by atoms with Gasteiger partial charge in [-0.2, -0.15) is 0 Å². The van der Waals surface area contributed by atoms with Gasteiger partial charge in [0.25, 0.3) is 5.56 Å². The highest BCUT2D eigenvalue weighted by Gasteiger charge is 2.30. The van der Waals surface area contributed by atoms with Gasteiger partial charge in [0.1, 0.15) is 11.5 Å². The van der Waals surface area contributed by atoms with Crippen molar-refractivity contribution in [2.45, 2.75) is 65.3 Å². The summed E-state index contributed by atoms with van der Waals surface area (Å²) in [6, 6.07) is 8.67. The van der Waals surface area contributed by atoms with Gasteiger partial charge in [-0.15, -0.1) is 0 Å². The number of rotatable bonds is 6. The number of aryl methyl sites for hydroxylation is 1. The van der Waals surface area contributed by atoms with Gasteiger partial charge in [0.2, 0.25) is 0 Å². The number of pyridine rings is 1. The lowest BCUT2D eigenvalue weighted by Gasteiger charge is -2.36. The van der Waals surface area contributed by atoms with E-state index in [1.807, 2.05) is 39.1 Å². The fourth-order valence-corrected chi connectivity index (χ4v) is 6.23. The summed E-state index contributed by atoms with van der Waals surface area (Å²) in [6.07, 6.45) is 9.66. The third-order valence-electron chi connectivity index (χ3n) is 8.19. The maximum atomic E-state index is 13.5. The molecule has 1 saturated heterocycles. The van der Waals surface area contributed by atoms with E-state index in [1.54, 1.807) is 22.6 Å². The standard InChI is InChI=1S/C29H36N4O3/c1-18-16-24(20(3)30-25-11-7-6-10-23(25)29(35)36)27-31-26(19(2)28(34)33(27)17-18)32-14-12-22(13-15-32)21-8-4-5-9-21/h6-7,10-11,16-17,20-22,30H,4-5,8-9,12-15H2,1-3H3,(H,35,36)/t20-/m1/s1. The highest BCUT2D eigenvalue weighted by molar-refractivity contribution is 5.94. The number of para-hydroxylation sites is 1. The number of nitrogens with zero attached hydrogens (tertiary/aromatic N) is 3. The van der Waals surface area contributed by atoms with Crippen LogP contribution in [0.3, 0.4) is 0 Å². The number of carbonyl (C=O) groups is 1. The molecule has 1 saturated carbocycles. The van der Waals surface area contributed by atoms with E-state index in [4.69, 9.17) is 4.98 Å². The van der Waals surface area contributed by atoms with E-state index in [0.717, 1.165) is 54.7 Å². The Morgan fingerprint density at radius 3 is 2.44 bits per heavy atom. The van der Waals surface area contributed by atoms with Gasteiger partial charge in [-0.25, -0.2) is 9.78 Å². The number of hydrogen-bond donors (Lipinski definition) is 2. The van der Waals surface area contributed by atoms with E-state index in [0.29, 0.717) is 16.9 Å². The minimum absolute atomic E-state index is 0.0454. The van der Waals surface area contributed by atoms with Crippen molar-refractivity contribution in [2.75, 3.05) is 23.3 Å². The third kappa shape index (κ3) is 4.59. The fourth-order valence-electron chi connectivity index (χ4n) is 6.23. The molecule has 0 radical (unpaired) electrons. The lowest BCUT2D eigenvalue weighted by atomic mass is 9.83. The molecule has 3 aromatic rings. The lowest BCUT2D eigenvalue weighted by molar-refractivity contribution is 0.0698. The molecule has 2 N–H and O–H groups in total. The fraction of sp³-hybridized carbons (Fsp3) is 0.483. The van der Waals surface area contributed by atoms with Crippen LogP contribution >= 0.6 is 0 Å². The monoisotopic (exact) mass is 488 g/mol. The van der Waals surface area contributed by atoms with Crippen molar-refractivity contribution >= 4 is 23.1 Å². The molecule has 5 rings (SSSR count). The molecule has 1 atom stereocenters. The van der Waals surface area contributed by atoms with Crippen LogP contribution in [0.4, 0.5) is 11.5 Å². The van der Waals surface area contributed by atoms with Crippen molar-refractivity contribution in [1.82, 2.24) is 9.38 Å². The number of hydrogen-bond acceptors (Lipinski definition) is 5. The molecule has 1 aliphatic carbocycles. The Morgan fingerprint density at radius 1 is 1.08 bits per heavy atom. The first kappa shape index (κ1) is 24.3. The first-order valence-electron chi connectivity index (χ1n) is 13.2. The summed E-state index contributed by atoms with van der Waals surface area (Å²) < 4.78 is 1.65. The van der Waals surface area contributed by atoms with Crippen molar-refractivity contribution in [3.05, 3.63) is 69.1 Å². The second-order valence-corrected chi connectivity index (χ2v) is 10.6. The van der Waals surface area contributed by atoms with Gasteiger partial charge in [0, 0.05) is 30.5 Å². The van der Waals surface area contributed by atoms with Crippen LogP contribution in [-0.4, -0.2) is 33.6 Å². The number of aromatic carboxylic acids is 1. The SMILES string of the molecule is Cc1cc([C@@H](C)Nc2ccccc2C(=O)O)c2nc(N3CCC(C4CCCC4)CC3)c(C)c(=O)n2c1. The number of nitrogens with one attached hydrogen (secondary N) is 1. The highest BCUT2D eigenvalue weighted by atomic mass is 16.4. The maximum absolute atomic E-state index is 13.5. The Labute approximate surface area is 212 Å². The predicted octanol–water partition coefficient (Wildman–Crippen LogP) is 5.59. The van der Waals surface area contributed by atoms with Gasteiger partial charge in [-0.05, 0) is 69.2 Å². The average Bonchev–Trinajstić information content (AvgIpc) is 3.41. The molecule has 0 spiro atoms. The van der Waals surface area contributed by atoms with Gasteiger partial charge in [0.05, 0.1) is 17.2 Å². The Morgan fingerprint density at radius 2 is 1.75 bits per heavy atom. The molecule has 1 aromatic carbocycles. The quantitative estimate of drug-likeness (QED) is 0.470. The van der Waals surface area contributed by atoms with E-state index in [2.05, 4.69) is 10.2 Å². The van der Waals surface area contributed by atoms with Gasteiger partial charge in [-0.3, -0.25) is 9.20 Å². The first-order chi connectivity index (χ1) is 17.3. The zero-order valence-corrected chi connectivity index (χ0v) is 21.5. The molecule has 36 heavy (non-hydrogen) atoms. The number of carboxylic acid groups (broad SMARTS) is 1. The van der Waals surface area contributed by atoms with Crippen molar-refractivity contribution in [1.29, 1.82) is 0 Å². The molecule has 2 aliphatic rings. The van der Waals surface area contributed by atoms with Crippen LogP contribution in [0.25, 0.3) is 5.65 Å². The van der Waals surface area contributed by atoms with Gasteiger partial charge >= 0.3 is 5.97 Å². The molecule has 3 heterocycles. The predicted molar refractivity (Wildman–Crippen MR) is 143 cm³/mol. The van der Waals surface area contributed by atoms with Gasteiger partial charge in [-0.1, -0.05) is 37.8 Å². The molecule has 2 fully saturated rings. The Kier molecular flexibility index (Phi) is 6.73. The summed E-state index contributed by atoms with van der Waals surface area (Å²) in [6.45, 7) is 7.70. The van der Waals surface area contributed by atoms with Crippen molar-refractivity contribution in [3.8, 4) is 0 Å². The molecular formula is C29H36N4O3. The average molecular weight is 489 g/mol. The number of anilines is 2. The summed E-state index contributed by atoms with van der Waals surface area (Å²) in [4.78, 5) is 32.6. The Hall–Kier alpha value is -3.35. The summed E-state index contributed by atoms with van der Waals surface area (Å²) >= 11 is 0. The van der Waals surface area contributed by atoms with Crippen molar-refractivity contribution in [2.24, 2.45) is 11.8 Å². The van der Waals surface area contributed by atoms with Crippen LogP contribution in [-0.2, 0) is 0 Å². The topological polar surface area (TPSA) is 86.9 Å². The minimum Gasteiger partial charge on any atom is -0.478 e. The molecule has 190 valence electrons. The van der Waals surface area contributed by atoms with E-state index in [9.17, 15) is 14.7 Å². The molecule has 0 amide bonds. The maximum Gasteiger partial charge on any atom is 0.337 e. The van der Waals surface area contributed by atoms with Crippen LogP contribution in [0.1, 0.15) is 78.5 Å². The van der Waals surface area contributed by atoms with Gasteiger partial charge < -0.3 is 15.3 Å². The smallest absolute Gasteiger partial charge is 0.337 e. The number of aromatic nitrogens is 2. The van der Waals surface area contributed by atoms with Crippen LogP contribution in [0, 0.1) is 25.7 Å².